The SMILES string of the molecule is CC(C)(C)OC(=O)CN1C(=O)SC(=Cc2ccc(OCc3ccc(Cl)c(Cl)c3)cc2)C1=O. The van der Waals surface area contributed by atoms with Gasteiger partial charge in [-0.1, -0.05) is 41.4 Å². The Hall–Kier alpha value is -2.48. The van der Waals surface area contributed by atoms with Gasteiger partial charge in [-0.05, 0) is 74.0 Å². The molecule has 0 unspecified atom stereocenters. The molecule has 3 rings (SSSR count). The number of carbonyl (C=O) groups excluding carboxylic acids is 3. The van der Waals surface area contributed by atoms with Gasteiger partial charge in [-0.2, -0.15) is 0 Å². The Morgan fingerprint density at radius 3 is 2.38 bits per heavy atom. The van der Waals surface area contributed by atoms with Crippen molar-refractivity contribution in [2.24, 2.45) is 0 Å². The van der Waals surface area contributed by atoms with E-state index in [9.17, 15) is 14.4 Å². The minimum Gasteiger partial charge on any atom is -0.489 e. The molecule has 6 nitrogen and oxygen atoms in total. The summed E-state index contributed by atoms with van der Waals surface area (Å²) in [6.07, 6.45) is 1.60. The lowest BCUT2D eigenvalue weighted by Crippen LogP contribution is -2.37. The van der Waals surface area contributed by atoms with Gasteiger partial charge in [0.25, 0.3) is 11.1 Å². The average Bonchev–Trinajstić information content (AvgIpc) is 2.96. The van der Waals surface area contributed by atoms with E-state index in [4.69, 9.17) is 32.7 Å². The summed E-state index contributed by atoms with van der Waals surface area (Å²) in [5.74, 6) is -0.526. The molecule has 0 radical (unpaired) electrons. The number of amides is 2. The van der Waals surface area contributed by atoms with Gasteiger partial charge in [0, 0.05) is 0 Å². The van der Waals surface area contributed by atoms with Crippen molar-refractivity contribution in [3.05, 3.63) is 68.5 Å². The number of hydrogen-bond donors (Lipinski definition) is 0. The van der Waals surface area contributed by atoms with Crippen LogP contribution in [-0.2, 0) is 20.9 Å². The molecule has 0 aromatic heterocycles. The number of carbonyl (C=O) groups is 3. The number of thioether (sulfide) groups is 1. The third-order valence-electron chi connectivity index (χ3n) is 4.15. The van der Waals surface area contributed by atoms with Crippen molar-refractivity contribution in [3.8, 4) is 5.75 Å². The summed E-state index contributed by atoms with van der Waals surface area (Å²) in [6, 6.07) is 12.3. The number of halogens is 2. The largest absolute Gasteiger partial charge is 0.489 e. The quantitative estimate of drug-likeness (QED) is 0.365. The molecular weight excluding hydrogens is 473 g/mol. The Kier molecular flexibility index (Phi) is 7.54. The van der Waals surface area contributed by atoms with E-state index in [0.29, 0.717) is 22.4 Å². The zero-order chi connectivity index (χ0) is 23.5. The van der Waals surface area contributed by atoms with Crippen LogP contribution < -0.4 is 4.74 Å². The Morgan fingerprint density at radius 2 is 1.75 bits per heavy atom. The number of nitrogens with zero attached hydrogens (tertiary/aromatic N) is 1. The van der Waals surface area contributed by atoms with Crippen molar-refractivity contribution < 1.29 is 23.9 Å². The van der Waals surface area contributed by atoms with Gasteiger partial charge in [-0.15, -0.1) is 0 Å². The third-order valence-corrected chi connectivity index (χ3v) is 5.79. The summed E-state index contributed by atoms with van der Waals surface area (Å²) >= 11 is 12.7. The maximum Gasteiger partial charge on any atom is 0.326 e. The van der Waals surface area contributed by atoms with E-state index < -0.39 is 29.3 Å². The third kappa shape index (κ3) is 6.51. The Labute approximate surface area is 200 Å². The number of benzene rings is 2. The lowest BCUT2D eigenvalue weighted by atomic mass is 10.2. The zero-order valence-electron chi connectivity index (χ0n) is 17.7. The normalized spacial score (nSPS) is 15.4. The molecule has 1 aliphatic rings. The lowest BCUT2D eigenvalue weighted by molar-refractivity contribution is -0.156. The number of rotatable bonds is 6. The van der Waals surface area contributed by atoms with Crippen LogP contribution in [0.25, 0.3) is 6.08 Å². The van der Waals surface area contributed by atoms with Crippen molar-refractivity contribution in [2.75, 3.05) is 6.54 Å². The minimum atomic E-state index is -0.696. The molecule has 0 saturated carbocycles. The summed E-state index contributed by atoms with van der Waals surface area (Å²) in [5, 5.41) is 0.438. The Bertz CT molecular complexity index is 1080. The monoisotopic (exact) mass is 493 g/mol. The first-order valence-corrected chi connectivity index (χ1v) is 11.2. The molecule has 2 aromatic carbocycles. The van der Waals surface area contributed by atoms with Crippen molar-refractivity contribution >= 4 is 58.2 Å². The van der Waals surface area contributed by atoms with Gasteiger partial charge in [0.15, 0.2) is 0 Å². The summed E-state index contributed by atoms with van der Waals surface area (Å²) < 4.78 is 10.9. The van der Waals surface area contributed by atoms with E-state index in [0.717, 1.165) is 27.8 Å². The van der Waals surface area contributed by atoms with Crippen molar-refractivity contribution in [3.63, 3.8) is 0 Å². The Balaban J connectivity index is 1.61. The highest BCUT2D eigenvalue weighted by molar-refractivity contribution is 8.18. The molecule has 1 aliphatic heterocycles. The fourth-order valence-corrected chi connectivity index (χ4v) is 3.91. The van der Waals surface area contributed by atoms with Crippen LogP contribution in [0.2, 0.25) is 10.0 Å². The van der Waals surface area contributed by atoms with Crippen LogP contribution in [0.4, 0.5) is 4.79 Å². The minimum absolute atomic E-state index is 0.239. The second-order valence-electron chi connectivity index (χ2n) is 7.96. The predicted molar refractivity (Wildman–Crippen MR) is 126 cm³/mol. The maximum atomic E-state index is 12.6. The predicted octanol–water partition coefficient (Wildman–Crippen LogP) is 5.95. The molecule has 0 atom stereocenters. The zero-order valence-corrected chi connectivity index (χ0v) is 20.0. The van der Waals surface area contributed by atoms with Crippen LogP contribution in [0.1, 0.15) is 31.9 Å². The second kappa shape index (κ2) is 9.98. The highest BCUT2D eigenvalue weighted by Crippen LogP contribution is 2.32. The highest BCUT2D eigenvalue weighted by Gasteiger charge is 2.37. The van der Waals surface area contributed by atoms with Gasteiger partial charge in [0.05, 0.1) is 15.0 Å². The van der Waals surface area contributed by atoms with Crippen molar-refractivity contribution in [1.29, 1.82) is 0 Å². The molecule has 0 aliphatic carbocycles. The van der Waals surface area contributed by atoms with Crippen LogP contribution in [0.5, 0.6) is 5.75 Å². The molecule has 9 heteroatoms. The maximum absolute atomic E-state index is 12.6. The molecule has 1 heterocycles. The molecule has 168 valence electrons. The van der Waals surface area contributed by atoms with Crippen LogP contribution in [-0.4, -0.2) is 34.2 Å². The van der Waals surface area contributed by atoms with Gasteiger partial charge >= 0.3 is 5.97 Å². The molecule has 0 spiro atoms. The van der Waals surface area contributed by atoms with E-state index >= 15 is 0 Å². The second-order valence-corrected chi connectivity index (χ2v) is 9.77. The van der Waals surface area contributed by atoms with Gasteiger partial charge in [-0.3, -0.25) is 19.3 Å². The van der Waals surface area contributed by atoms with Crippen molar-refractivity contribution in [1.82, 2.24) is 4.90 Å². The van der Waals surface area contributed by atoms with Crippen molar-refractivity contribution in [2.45, 2.75) is 33.0 Å². The van der Waals surface area contributed by atoms with Gasteiger partial charge < -0.3 is 9.47 Å². The highest BCUT2D eigenvalue weighted by atomic mass is 35.5. The first-order chi connectivity index (χ1) is 15.0. The average molecular weight is 494 g/mol. The van der Waals surface area contributed by atoms with Gasteiger partial charge in [0.2, 0.25) is 0 Å². The van der Waals surface area contributed by atoms with Gasteiger partial charge in [0.1, 0.15) is 24.5 Å². The van der Waals surface area contributed by atoms with E-state index in [1.54, 1.807) is 63.2 Å². The van der Waals surface area contributed by atoms with E-state index in [2.05, 4.69) is 0 Å². The summed E-state index contributed by atoms with van der Waals surface area (Å²) in [6.45, 7) is 5.06. The fraction of sp³-hybridized carbons (Fsp3) is 0.261. The van der Waals surface area contributed by atoms with Gasteiger partial charge in [-0.25, -0.2) is 0 Å². The molecule has 1 saturated heterocycles. The Morgan fingerprint density at radius 1 is 1.06 bits per heavy atom. The summed E-state index contributed by atoms with van der Waals surface area (Å²) in [5.41, 5.74) is 0.898. The van der Waals surface area contributed by atoms with E-state index in [1.165, 1.54) is 0 Å². The topological polar surface area (TPSA) is 72.9 Å². The number of imide groups is 1. The first-order valence-electron chi connectivity index (χ1n) is 9.66. The van der Waals surface area contributed by atoms with Crippen LogP contribution in [0.15, 0.2) is 47.4 Å². The molecule has 2 aromatic rings. The summed E-state index contributed by atoms with van der Waals surface area (Å²) in [4.78, 5) is 37.9. The molecule has 32 heavy (non-hydrogen) atoms. The molecule has 2 amide bonds. The van der Waals surface area contributed by atoms with E-state index in [1.807, 2.05) is 6.07 Å². The number of ether oxygens (including phenoxy) is 2. The summed E-state index contributed by atoms with van der Waals surface area (Å²) in [7, 11) is 0. The molecule has 1 fully saturated rings. The van der Waals surface area contributed by atoms with Crippen LogP contribution >= 0.6 is 35.0 Å². The molecule has 0 bridgehead atoms. The number of esters is 1. The van der Waals surface area contributed by atoms with E-state index in [-0.39, 0.29) is 4.91 Å². The fourth-order valence-electron chi connectivity index (χ4n) is 2.75. The smallest absolute Gasteiger partial charge is 0.326 e. The standard InChI is InChI=1S/C23H21Cl2NO5S/c1-23(2,3)31-20(27)12-26-21(28)19(32-22(26)29)11-14-4-7-16(8-5-14)30-13-15-6-9-17(24)18(25)10-15/h4-11H,12-13H2,1-3H3. The van der Waals surface area contributed by atoms with Crippen LogP contribution in [0, 0.1) is 0 Å². The van der Waals surface area contributed by atoms with Crippen LogP contribution in [0.3, 0.4) is 0 Å². The lowest BCUT2D eigenvalue weighted by Gasteiger charge is -2.21. The first kappa shape index (κ1) is 24.2. The molecular formula is C23H21Cl2NO5S. The molecule has 0 N–H and O–H groups in total. The number of hydrogen-bond acceptors (Lipinski definition) is 6.